The fourth-order valence-corrected chi connectivity index (χ4v) is 4.90. The van der Waals surface area contributed by atoms with Crippen molar-refractivity contribution in [2.24, 2.45) is 10.9 Å². The maximum absolute atomic E-state index is 13.2. The minimum absolute atomic E-state index is 0.0308. The number of rotatable bonds is 7. The Morgan fingerprint density at radius 1 is 0.946 bits per heavy atom. The molecule has 0 atom stereocenters. The number of benzene rings is 3. The van der Waals surface area contributed by atoms with Crippen molar-refractivity contribution < 1.29 is 21.6 Å². The van der Waals surface area contributed by atoms with Gasteiger partial charge >= 0.3 is 0 Å². The van der Waals surface area contributed by atoms with Gasteiger partial charge in [0.25, 0.3) is 5.91 Å². The molecule has 0 aliphatic carbocycles. The van der Waals surface area contributed by atoms with Crippen LogP contribution >= 0.6 is 0 Å². The third kappa shape index (κ3) is 5.58. The first-order valence-corrected chi connectivity index (χ1v) is 14.1. The number of amides is 1. The molecular weight excluding hydrogens is 516 g/mol. The highest BCUT2D eigenvalue weighted by Crippen LogP contribution is 2.28. The molecular formula is C24H22N6O5S2. The number of hydrogen-bond acceptors (Lipinski definition) is 7. The standard InChI is InChI=1S/C24H22N6O5S2/c1-36(32,33)22-14-20(30(29-22)18-6-4-5-16(13-18)23(25)26)24(31)28-17-11-9-15(10-12-17)19-7-2-3-8-21(19)37(27,34)35/h2-14H,1H3,(H3,25,26)(H,28,31)(H2,27,34,35). The molecule has 1 heterocycles. The molecule has 0 spiro atoms. The van der Waals surface area contributed by atoms with Crippen molar-refractivity contribution in [1.82, 2.24) is 9.78 Å². The lowest BCUT2D eigenvalue weighted by atomic mass is 10.1. The topological polar surface area (TPSA) is 191 Å². The van der Waals surface area contributed by atoms with Crippen molar-refractivity contribution in [3.63, 3.8) is 0 Å². The van der Waals surface area contributed by atoms with Crippen molar-refractivity contribution in [2.75, 3.05) is 11.6 Å². The number of aromatic nitrogens is 2. The van der Waals surface area contributed by atoms with Gasteiger partial charge in [0.2, 0.25) is 10.0 Å². The molecule has 13 heteroatoms. The summed E-state index contributed by atoms with van der Waals surface area (Å²) >= 11 is 0. The van der Waals surface area contributed by atoms with Gasteiger partial charge in [-0.25, -0.2) is 26.7 Å². The lowest BCUT2D eigenvalue weighted by molar-refractivity contribution is 0.101. The van der Waals surface area contributed by atoms with Crippen LogP contribution in [0.25, 0.3) is 16.8 Å². The van der Waals surface area contributed by atoms with Crippen molar-refractivity contribution in [2.45, 2.75) is 9.92 Å². The second-order valence-corrected chi connectivity index (χ2v) is 11.6. The first kappa shape index (κ1) is 25.8. The number of nitrogens with two attached hydrogens (primary N) is 2. The zero-order chi connectivity index (χ0) is 27.0. The van der Waals surface area contributed by atoms with Crippen LogP contribution in [0.15, 0.2) is 88.8 Å². The second kappa shape index (κ2) is 9.61. The maximum atomic E-state index is 13.2. The van der Waals surface area contributed by atoms with Crippen LogP contribution in [0.5, 0.6) is 0 Å². The third-order valence-electron chi connectivity index (χ3n) is 5.35. The van der Waals surface area contributed by atoms with Crippen LogP contribution in [0.1, 0.15) is 16.1 Å². The molecule has 0 aliphatic rings. The van der Waals surface area contributed by atoms with Crippen LogP contribution < -0.4 is 16.2 Å². The fraction of sp³-hybridized carbons (Fsp3) is 0.0417. The summed E-state index contributed by atoms with van der Waals surface area (Å²) in [6.45, 7) is 0. The Bertz CT molecular complexity index is 1740. The third-order valence-corrected chi connectivity index (χ3v) is 7.28. The van der Waals surface area contributed by atoms with E-state index in [1.807, 2.05) is 0 Å². The molecule has 0 bridgehead atoms. The molecule has 4 rings (SSSR count). The summed E-state index contributed by atoms with van der Waals surface area (Å²) in [5.74, 6) is -0.847. The average Bonchev–Trinajstić information content (AvgIpc) is 3.31. The van der Waals surface area contributed by atoms with Gasteiger partial charge in [0.15, 0.2) is 14.9 Å². The number of nitrogens with one attached hydrogen (secondary N) is 2. The number of sulfonamides is 1. The van der Waals surface area contributed by atoms with Crippen molar-refractivity contribution in [1.29, 1.82) is 5.41 Å². The molecule has 11 nitrogen and oxygen atoms in total. The Labute approximate surface area is 213 Å². The zero-order valence-corrected chi connectivity index (χ0v) is 21.0. The smallest absolute Gasteiger partial charge is 0.274 e. The Morgan fingerprint density at radius 3 is 2.24 bits per heavy atom. The Kier molecular flexibility index (Phi) is 6.69. The van der Waals surface area contributed by atoms with Crippen molar-refractivity contribution >= 4 is 37.3 Å². The minimum Gasteiger partial charge on any atom is -0.384 e. The van der Waals surface area contributed by atoms with E-state index >= 15 is 0 Å². The number of carbonyl (C=O) groups excluding carboxylic acids is 1. The van der Waals surface area contributed by atoms with E-state index < -0.39 is 25.8 Å². The predicted molar refractivity (Wildman–Crippen MR) is 139 cm³/mol. The molecule has 0 saturated carbocycles. The highest BCUT2D eigenvalue weighted by Gasteiger charge is 2.22. The number of hydrogen-bond donors (Lipinski definition) is 4. The number of amidine groups is 1. The van der Waals surface area contributed by atoms with E-state index in [4.69, 9.17) is 16.3 Å². The summed E-state index contributed by atoms with van der Waals surface area (Å²) in [4.78, 5) is 13.1. The van der Waals surface area contributed by atoms with Gasteiger partial charge in [-0.05, 0) is 35.9 Å². The zero-order valence-electron chi connectivity index (χ0n) is 19.4. The number of carbonyl (C=O) groups is 1. The van der Waals surface area contributed by atoms with Gasteiger partial charge in [0.1, 0.15) is 11.5 Å². The first-order chi connectivity index (χ1) is 17.3. The molecule has 4 aromatic rings. The summed E-state index contributed by atoms with van der Waals surface area (Å²) < 4.78 is 49.3. The molecule has 190 valence electrons. The molecule has 37 heavy (non-hydrogen) atoms. The lowest BCUT2D eigenvalue weighted by Crippen LogP contribution is -2.17. The molecule has 0 unspecified atom stereocenters. The van der Waals surface area contributed by atoms with Gasteiger partial charge in [0, 0.05) is 29.1 Å². The van der Waals surface area contributed by atoms with Crippen molar-refractivity contribution in [3.8, 4) is 16.8 Å². The Balaban J connectivity index is 1.69. The largest absolute Gasteiger partial charge is 0.384 e. The maximum Gasteiger partial charge on any atom is 0.274 e. The molecule has 0 radical (unpaired) electrons. The van der Waals surface area contributed by atoms with E-state index in [0.29, 0.717) is 28.1 Å². The van der Waals surface area contributed by atoms with E-state index in [-0.39, 0.29) is 21.5 Å². The van der Waals surface area contributed by atoms with Crippen LogP contribution in [0, 0.1) is 5.41 Å². The molecule has 0 aliphatic heterocycles. The van der Waals surface area contributed by atoms with E-state index in [1.165, 1.54) is 12.1 Å². The highest BCUT2D eigenvalue weighted by atomic mass is 32.2. The average molecular weight is 539 g/mol. The molecule has 1 aromatic heterocycles. The molecule has 6 N–H and O–H groups in total. The van der Waals surface area contributed by atoms with Gasteiger partial charge in [-0.3, -0.25) is 10.2 Å². The normalized spacial score (nSPS) is 11.7. The number of primary sulfonamides is 1. The van der Waals surface area contributed by atoms with Crippen LogP contribution in [-0.4, -0.2) is 44.6 Å². The van der Waals surface area contributed by atoms with E-state index in [9.17, 15) is 21.6 Å². The van der Waals surface area contributed by atoms with E-state index in [1.54, 1.807) is 60.7 Å². The molecule has 0 saturated heterocycles. The van der Waals surface area contributed by atoms with Crippen LogP contribution in [0.3, 0.4) is 0 Å². The summed E-state index contributed by atoms with van der Waals surface area (Å²) in [6.07, 6.45) is 0.978. The van der Waals surface area contributed by atoms with Crippen LogP contribution in [-0.2, 0) is 19.9 Å². The SMILES string of the molecule is CS(=O)(=O)c1cc(C(=O)Nc2ccc(-c3ccccc3S(N)(=O)=O)cc2)n(-c2cccc(C(=N)N)c2)n1. The van der Waals surface area contributed by atoms with Gasteiger partial charge in [-0.15, -0.1) is 0 Å². The quantitative estimate of drug-likeness (QED) is 0.204. The van der Waals surface area contributed by atoms with Gasteiger partial charge < -0.3 is 11.1 Å². The fourth-order valence-electron chi connectivity index (χ4n) is 3.59. The number of nitrogens with zero attached hydrogens (tertiary/aromatic N) is 2. The lowest BCUT2D eigenvalue weighted by Gasteiger charge is -2.11. The highest BCUT2D eigenvalue weighted by molar-refractivity contribution is 7.90. The van der Waals surface area contributed by atoms with E-state index in [0.717, 1.165) is 17.0 Å². The second-order valence-electron chi connectivity index (χ2n) is 8.09. The summed E-state index contributed by atoms with van der Waals surface area (Å²) in [5.41, 5.74) is 7.54. The number of anilines is 1. The van der Waals surface area contributed by atoms with E-state index in [2.05, 4.69) is 10.4 Å². The van der Waals surface area contributed by atoms with Crippen LogP contribution in [0.4, 0.5) is 5.69 Å². The molecule has 0 fully saturated rings. The molecule has 1 amide bonds. The monoisotopic (exact) mass is 538 g/mol. The van der Waals surface area contributed by atoms with Gasteiger partial charge in [-0.1, -0.05) is 42.5 Å². The molecule has 3 aromatic carbocycles. The summed E-state index contributed by atoms with van der Waals surface area (Å²) in [7, 11) is -7.68. The van der Waals surface area contributed by atoms with Gasteiger partial charge in [0.05, 0.1) is 10.6 Å². The number of sulfone groups is 1. The van der Waals surface area contributed by atoms with Crippen LogP contribution in [0.2, 0.25) is 0 Å². The van der Waals surface area contributed by atoms with Gasteiger partial charge in [-0.2, -0.15) is 5.10 Å². The Morgan fingerprint density at radius 2 is 1.62 bits per heavy atom. The number of nitrogen functional groups attached to an aromatic ring is 1. The van der Waals surface area contributed by atoms with Crippen molar-refractivity contribution in [3.05, 3.63) is 90.1 Å². The predicted octanol–water partition coefficient (Wildman–Crippen LogP) is 2.13. The minimum atomic E-state index is -3.95. The first-order valence-electron chi connectivity index (χ1n) is 10.6. The summed E-state index contributed by atoms with van der Waals surface area (Å²) in [5, 5.41) is 19.4. The Hall–Kier alpha value is -4.33. The summed E-state index contributed by atoms with van der Waals surface area (Å²) in [6, 6.07) is 20.1.